The largest absolute Gasteiger partial charge is 0.357 e. The van der Waals surface area contributed by atoms with Crippen molar-refractivity contribution in [1.82, 2.24) is 4.98 Å². The standard InChI is InChI=1S/C16H25N3/c17-13-14-4-9-18-15(12-14)19-10-7-16(8-11-19)5-2-1-3-6-16/h4,9,12H,1-3,5-8,10-11,13,17H2. The van der Waals surface area contributed by atoms with E-state index in [-0.39, 0.29) is 0 Å². The summed E-state index contributed by atoms with van der Waals surface area (Å²) in [7, 11) is 0. The van der Waals surface area contributed by atoms with Crippen LogP contribution in [0.25, 0.3) is 0 Å². The van der Waals surface area contributed by atoms with Crippen molar-refractivity contribution in [2.24, 2.45) is 11.1 Å². The zero-order valence-corrected chi connectivity index (χ0v) is 11.8. The minimum absolute atomic E-state index is 0.604. The number of pyridine rings is 1. The van der Waals surface area contributed by atoms with Gasteiger partial charge >= 0.3 is 0 Å². The van der Waals surface area contributed by atoms with Gasteiger partial charge in [-0.15, -0.1) is 0 Å². The maximum absolute atomic E-state index is 5.71. The van der Waals surface area contributed by atoms with Crippen LogP contribution in [0.3, 0.4) is 0 Å². The molecule has 0 unspecified atom stereocenters. The van der Waals surface area contributed by atoms with Gasteiger partial charge in [0.15, 0.2) is 0 Å². The Morgan fingerprint density at radius 1 is 1.11 bits per heavy atom. The zero-order valence-electron chi connectivity index (χ0n) is 11.8. The maximum atomic E-state index is 5.71. The first-order chi connectivity index (χ1) is 9.31. The molecule has 104 valence electrons. The van der Waals surface area contributed by atoms with Crippen LogP contribution in [0.4, 0.5) is 5.82 Å². The van der Waals surface area contributed by atoms with Crippen LogP contribution in [-0.4, -0.2) is 18.1 Å². The molecule has 0 bridgehead atoms. The fourth-order valence-electron chi connectivity index (χ4n) is 3.77. The van der Waals surface area contributed by atoms with Crippen molar-refractivity contribution < 1.29 is 0 Å². The van der Waals surface area contributed by atoms with Crippen LogP contribution in [0.1, 0.15) is 50.5 Å². The molecule has 1 spiro atoms. The van der Waals surface area contributed by atoms with Gasteiger partial charge in [0.1, 0.15) is 5.82 Å². The van der Waals surface area contributed by atoms with Crippen molar-refractivity contribution in [3.8, 4) is 0 Å². The smallest absolute Gasteiger partial charge is 0.128 e. The predicted molar refractivity (Wildman–Crippen MR) is 79.1 cm³/mol. The van der Waals surface area contributed by atoms with Gasteiger partial charge in [-0.05, 0) is 48.8 Å². The zero-order chi connectivity index (χ0) is 13.1. The topological polar surface area (TPSA) is 42.1 Å². The van der Waals surface area contributed by atoms with Gasteiger partial charge in [0, 0.05) is 25.8 Å². The lowest BCUT2D eigenvalue weighted by molar-refractivity contribution is 0.144. The normalized spacial score (nSPS) is 22.7. The van der Waals surface area contributed by atoms with Crippen molar-refractivity contribution in [2.45, 2.75) is 51.5 Å². The molecular formula is C16H25N3. The third-order valence-electron chi connectivity index (χ3n) is 5.11. The summed E-state index contributed by atoms with van der Waals surface area (Å²) in [6.07, 6.45) is 11.8. The van der Waals surface area contributed by atoms with Crippen LogP contribution in [0.15, 0.2) is 18.3 Å². The molecule has 2 aliphatic rings. The first-order valence-electron chi connectivity index (χ1n) is 7.71. The fourth-order valence-corrected chi connectivity index (χ4v) is 3.77. The average Bonchev–Trinajstić information content (AvgIpc) is 2.49. The molecule has 1 aromatic heterocycles. The monoisotopic (exact) mass is 259 g/mol. The lowest BCUT2D eigenvalue weighted by Gasteiger charge is -2.44. The molecule has 0 aromatic carbocycles. The highest BCUT2D eigenvalue weighted by Crippen LogP contribution is 2.44. The van der Waals surface area contributed by atoms with Crippen LogP contribution < -0.4 is 10.6 Å². The van der Waals surface area contributed by atoms with Gasteiger partial charge in [0.2, 0.25) is 0 Å². The lowest BCUT2D eigenvalue weighted by Crippen LogP contribution is -2.41. The van der Waals surface area contributed by atoms with Gasteiger partial charge in [0.05, 0.1) is 0 Å². The van der Waals surface area contributed by atoms with E-state index in [2.05, 4.69) is 16.0 Å². The van der Waals surface area contributed by atoms with Crippen LogP contribution in [0.2, 0.25) is 0 Å². The van der Waals surface area contributed by atoms with E-state index < -0.39 is 0 Å². The second kappa shape index (κ2) is 5.49. The summed E-state index contributed by atoms with van der Waals surface area (Å²) >= 11 is 0. The molecule has 19 heavy (non-hydrogen) atoms. The number of anilines is 1. The fraction of sp³-hybridized carbons (Fsp3) is 0.688. The molecule has 1 aromatic rings. The Bertz CT molecular complexity index is 414. The third kappa shape index (κ3) is 2.76. The number of hydrogen-bond acceptors (Lipinski definition) is 3. The Balaban J connectivity index is 1.65. The summed E-state index contributed by atoms with van der Waals surface area (Å²) in [6.45, 7) is 2.94. The van der Waals surface area contributed by atoms with Crippen molar-refractivity contribution >= 4 is 5.82 Å². The quantitative estimate of drug-likeness (QED) is 0.887. The Morgan fingerprint density at radius 2 is 1.84 bits per heavy atom. The van der Waals surface area contributed by atoms with E-state index in [0.717, 1.165) is 5.82 Å². The number of nitrogens with two attached hydrogens (primary N) is 1. The van der Waals surface area contributed by atoms with E-state index in [9.17, 15) is 0 Å². The third-order valence-corrected chi connectivity index (χ3v) is 5.11. The highest BCUT2D eigenvalue weighted by Gasteiger charge is 2.35. The Morgan fingerprint density at radius 3 is 2.53 bits per heavy atom. The van der Waals surface area contributed by atoms with Gasteiger partial charge in [-0.2, -0.15) is 0 Å². The number of hydrogen-bond donors (Lipinski definition) is 1. The first kappa shape index (κ1) is 12.9. The molecule has 1 aliphatic heterocycles. The summed E-state index contributed by atoms with van der Waals surface area (Å²) < 4.78 is 0. The number of nitrogens with zero attached hydrogens (tertiary/aromatic N) is 2. The molecule has 3 heteroatoms. The van der Waals surface area contributed by atoms with Gasteiger partial charge in [-0.25, -0.2) is 4.98 Å². The van der Waals surface area contributed by atoms with Crippen molar-refractivity contribution in [3.05, 3.63) is 23.9 Å². The SMILES string of the molecule is NCc1ccnc(N2CCC3(CCCCC3)CC2)c1. The molecule has 0 amide bonds. The second-order valence-corrected chi connectivity index (χ2v) is 6.27. The molecule has 1 saturated heterocycles. The minimum atomic E-state index is 0.604. The Labute approximate surface area is 116 Å². The summed E-state index contributed by atoms with van der Waals surface area (Å²) in [6, 6.07) is 4.16. The van der Waals surface area contributed by atoms with Crippen molar-refractivity contribution in [1.29, 1.82) is 0 Å². The number of rotatable bonds is 2. The van der Waals surface area contributed by atoms with E-state index in [4.69, 9.17) is 5.73 Å². The molecule has 3 rings (SSSR count). The summed E-state index contributed by atoms with van der Waals surface area (Å²) in [5.74, 6) is 1.12. The molecule has 2 heterocycles. The van der Waals surface area contributed by atoms with Crippen LogP contribution in [0, 0.1) is 5.41 Å². The van der Waals surface area contributed by atoms with E-state index in [1.54, 1.807) is 0 Å². The average molecular weight is 259 g/mol. The first-order valence-corrected chi connectivity index (χ1v) is 7.71. The second-order valence-electron chi connectivity index (χ2n) is 6.27. The van der Waals surface area contributed by atoms with E-state index in [0.29, 0.717) is 12.0 Å². The Kier molecular flexibility index (Phi) is 3.74. The summed E-state index contributed by atoms with van der Waals surface area (Å²) in [5.41, 5.74) is 7.56. The molecular weight excluding hydrogens is 234 g/mol. The Hall–Kier alpha value is -1.09. The summed E-state index contributed by atoms with van der Waals surface area (Å²) in [5, 5.41) is 0. The number of aromatic nitrogens is 1. The molecule has 1 saturated carbocycles. The van der Waals surface area contributed by atoms with Gasteiger partial charge in [0.25, 0.3) is 0 Å². The molecule has 1 aliphatic carbocycles. The molecule has 2 fully saturated rings. The molecule has 2 N–H and O–H groups in total. The maximum Gasteiger partial charge on any atom is 0.128 e. The van der Waals surface area contributed by atoms with Gasteiger partial charge in [-0.1, -0.05) is 19.3 Å². The minimum Gasteiger partial charge on any atom is -0.357 e. The van der Waals surface area contributed by atoms with Crippen LogP contribution in [0.5, 0.6) is 0 Å². The van der Waals surface area contributed by atoms with Crippen molar-refractivity contribution in [3.63, 3.8) is 0 Å². The predicted octanol–water partition coefficient (Wildman–Crippen LogP) is 3.09. The van der Waals surface area contributed by atoms with E-state index in [1.165, 1.54) is 63.6 Å². The lowest BCUT2D eigenvalue weighted by atomic mass is 9.68. The van der Waals surface area contributed by atoms with Crippen LogP contribution >= 0.6 is 0 Å². The van der Waals surface area contributed by atoms with Crippen molar-refractivity contribution in [2.75, 3.05) is 18.0 Å². The molecule has 3 nitrogen and oxygen atoms in total. The highest BCUT2D eigenvalue weighted by molar-refractivity contribution is 5.41. The summed E-state index contributed by atoms with van der Waals surface area (Å²) in [4.78, 5) is 6.96. The van der Waals surface area contributed by atoms with E-state index in [1.807, 2.05) is 12.3 Å². The van der Waals surface area contributed by atoms with Crippen LogP contribution in [-0.2, 0) is 6.54 Å². The van der Waals surface area contributed by atoms with Gasteiger partial charge in [-0.3, -0.25) is 0 Å². The van der Waals surface area contributed by atoms with E-state index >= 15 is 0 Å². The highest BCUT2D eigenvalue weighted by atomic mass is 15.2. The molecule has 0 radical (unpaired) electrons. The molecule has 0 atom stereocenters. The van der Waals surface area contributed by atoms with Gasteiger partial charge < -0.3 is 10.6 Å². The number of piperidine rings is 1.